The summed E-state index contributed by atoms with van der Waals surface area (Å²) in [5.41, 5.74) is -2.09. The Bertz CT molecular complexity index is 404. The lowest BCUT2D eigenvalue weighted by Gasteiger charge is -2.31. The Hall–Kier alpha value is -1.82. The highest BCUT2D eigenvalue weighted by Gasteiger charge is 2.44. The van der Waals surface area contributed by atoms with Crippen LogP contribution in [-0.4, -0.2) is 39.5 Å². The second-order valence-corrected chi connectivity index (χ2v) is 3.85. The van der Waals surface area contributed by atoms with E-state index in [0.717, 1.165) is 12.2 Å². The molecule has 0 aromatic heterocycles. The van der Waals surface area contributed by atoms with E-state index in [1.165, 1.54) is 6.92 Å². The Morgan fingerprint density at radius 1 is 1.53 bits per heavy atom. The monoisotopic (exact) mass is 242 g/mol. The summed E-state index contributed by atoms with van der Waals surface area (Å²) in [5, 5.41) is 28.5. The van der Waals surface area contributed by atoms with Gasteiger partial charge in [0.1, 0.15) is 17.3 Å². The van der Waals surface area contributed by atoms with E-state index in [4.69, 9.17) is 9.84 Å². The van der Waals surface area contributed by atoms with Gasteiger partial charge in [-0.05, 0) is 19.9 Å². The van der Waals surface area contributed by atoms with Crippen LogP contribution in [0.2, 0.25) is 0 Å². The van der Waals surface area contributed by atoms with Crippen LogP contribution in [0.25, 0.3) is 0 Å². The molecule has 0 aliphatic heterocycles. The van der Waals surface area contributed by atoms with Gasteiger partial charge in [-0.1, -0.05) is 6.08 Å². The number of hydrogen-bond donors (Lipinski definition) is 3. The van der Waals surface area contributed by atoms with Gasteiger partial charge in [0.25, 0.3) is 0 Å². The van der Waals surface area contributed by atoms with Crippen molar-refractivity contribution in [3.63, 3.8) is 0 Å². The van der Waals surface area contributed by atoms with Crippen molar-refractivity contribution in [2.75, 3.05) is 6.61 Å². The van der Waals surface area contributed by atoms with E-state index >= 15 is 0 Å². The highest BCUT2D eigenvalue weighted by molar-refractivity contribution is 5.93. The predicted octanol–water partition coefficient (Wildman–Crippen LogP) is 0.383. The number of aliphatic carboxylic acids is 1. The summed E-state index contributed by atoms with van der Waals surface area (Å²) in [5.74, 6) is -4.34. The van der Waals surface area contributed by atoms with Gasteiger partial charge in [-0.3, -0.25) is 4.79 Å². The summed E-state index contributed by atoms with van der Waals surface area (Å²) in [7, 11) is 0. The summed E-state index contributed by atoms with van der Waals surface area (Å²) in [6.07, 6.45) is 2.21. The molecule has 0 saturated carbocycles. The first-order chi connectivity index (χ1) is 7.81. The summed E-state index contributed by atoms with van der Waals surface area (Å²) in [4.78, 5) is 22.4. The third-order valence-corrected chi connectivity index (χ3v) is 2.47. The number of rotatable bonds is 3. The van der Waals surface area contributed by atoms with Crippen LogP contribution in [0.4, 0.5) is 0 Å². The van der Waals surface area contributed by atoms with E-state index in [9.17, 15) is 19.8 Å². The number of hydrogen-bond acceptors (Lipinski definition) is 5. The molecule has 0 radical (unpaired) electrons. The lowest BCUT2D eigenvalue weighted by molar-refractivity contribution is -0.154. The number of carboxylic acid groups (broad SMARTS) is 1. The lowest BCUT2D eigenvalue weighted by atomic mass is 9.81. The first kappa shape index (κ1) is 13.2. The number of esters is 1. The average molecular weight is 242 g/mol. The smallest absolute Gasteiger partial charge is 0.339 e. The standard InChI is InChI=1S/C11H14O6/c1-3-17-10(15)7-8(12)6(9(13)14)4-5-11(7,2)16/h4-5,7,12,16H,3H2,1-2H3,(H,13,14). The molecule has 94 valence electrons. The van der Waals surface area contributed by atoms with Crippen molar-refractivity contribution in [2.24, 2.45) is 5.92 Å². The number of aliphatic hydroxyl groups excluding tert-OH is 1. The molecule has 6 nitrogen and oxygen atoms in total. The van der Waals surface area contributed by atoms with E-state index in [-0.39, 0.29) is 6.61 Å². The quantitative estimate of drug-likeness (QED) is 0.618. The zero-order chi connectivity index (χ0) is 13.2. The highest BCUT2D eigenvalue weighted by atomic mass is 16.5. The van der Waals surface area contributed by atoms with Crippen molar-refractivity contribution in [2.45, 2.75) is 19.4 Å². The van der Waals surface area contributed by atoms with Gasteiger partial charge in [0.15, 0.2) is 0 Å². The van der Waals surface area contributed by atoms with Crippen molar-refractivity contribution < 1.29 is 29.6 Å². The molecule has 0 heterocycles. The highest BCUT2D eigenvalue weighted by Crippen LogP contribution is 2.32. The van der Waals surface area contributed by atoms with Gasteiger partial charge < -0.3 is 20.1 Å². The van der Waals surface area contributed by atoms with Crippen molar-refractivity contribution >= 4 is 11.9 Å². The maximum atomic E-state index is 11.6. The van der Waals surface area contributed by atoms with Gasteiger partial charge in [-0.2, -0.15) is 0 Å². The van der Waals surface area contributed by atoms with Crippen LogP contribution in [0.5, 0.6) is 0 Å². The van der Waals surface area contributed by atoms with E-state index in [1.54, 1.807) is 6.92 Å². The molecule has 3 N–H and O–H groups in total. The molecule has 0 bridgehead atoms. The van der Waals surface area contributed by atoms with Crippen LogP contribution in [0, 0.1) is 5.92 Å². The van der Waals surface area contributed by atoms with Crippen LogP contribution in [0.3, 0.4) is 0 Å². The fourth-order valence-electron chi connectivity index (χ4n) is 1.62. The summed E-state index contributed by atoms with van der Waals surface area (Å²) in [6, 6.07) is 0. The maximum absolute atomic E-state index is 11.6. The largest absolute Gasteiger partial charge is 0.510 e. The molecular weight excluding hydrogens is 228 g/mol. The first-order valence-corrected chi connectivity index (χ1v) is 5.06. The van der Waals surface area contributed by atoms with Gasteiger partial charge >= 0.3 is 11.9 Å². The molecule has 0 saturated heterocycles. The molecule has 17 heavy (non-hydrogen) atoms. The van der Waals surface area contributed by atoms with Crippen molar-refractivity contribution in [3.8, 4) is 0 Å². The van der Waals surface area contributed by atoms with E-state index < -0.39 is 34.8 Å². The predicted molar refractivity (Wildman–Crippen MR) is 57.2 cm³/mol. The van der Waals surface area contributed by atoms with E-state index in [0.29, 0.717) is 0 Å². The Morgan fingerprint density at radius 2 is 2.12 bits per heavy atom. The third kappa shape index (κ3) is 2.47. The topological polar surface area (TPSA) is 104 Å². The minimum absolute atomic E-state index is 0.0742. The van der Waals surface area contributed by atoms with Gasteiger partial charge in [0.05, 0.1) is 12.2 Å². The minimum Gasteiger partial charge on any atom is -0.510 e. The summed E-state index contributed by atoms with van der Waals surface area (Å²) in [6.45, 7) is 2.94. The number of carbonyl (C=O) groups is 2. The molecule has 1 aliphatic rings. The minimum atomic E-state index is -1.67. The van der Waals surface area contributed by atoms with Crippen LogP contribution in [0.15, 0.2) is 23.5 Å². The second kappa shape index (κ2) is 4.58. The normalized spacial score (nSPS) is 28.1. The van der Waals surface area contributed by atoms with E-state index in [1.807, 2.05) is 0 Å². The lowest BCUT2D eigenvalue weighted by Crippen LogP contribution is -2.42. The summed E-state index contributed by atoms with van der Waals surface area (Å²) >= 11 is 0. The van der Waals surface area contributed by atoms with Crippen molar-refractivity contribution in [3.05, 3.63) is 23.5 Å². The average Bonchev–Trinajstić information content (AvgIpc) is 2.15. The second-order valence-electron chi connectivity index (χ2n) is 3.85. The van der Waals surface area contributed by atoms with Crippen LogP contribution in [0.1, 0.15) is 13.8 Å². The molecule has 0 aromatic carbocycles. The summed E-state index contributed by atoms with van der Waals surface area (Å²) < 4.78 is 4.70. The molecule has 0 fully saturated rings. The SMILES string of the molecule is CCOC(=O)C1C(O)=C(C(=O)O)C=CC1(C)O. The molecule has 1 aliphatic carbocycles. The van der Waals surface area contributed by atoms with Gasteiger partial charge in [-0.25, -0.2) is 4.79 Å². The van der Waals surface area contributed by atoms with Gasteiger partial charge in [0.2, 0.25) is 0 Å². The molecule has 6 heteroatoms. The van der Waals surface area contributed by atoms with E-state index in [2.05, 4.69) is 0 Å². The fraction of sp³-hybridized carbons (Fsp3) is 0.455. The van der Waals surface area contributed by atoms with Crippen LogP contribution in [-0.2, 0) is 14.3 Å². The van der Waals surface area contributed by atoms with Crippen LogP contribution >= 0.6 is 0 Å². The fourth-order valence-corrected chi connectivity index (χ4v) is 1.62. The molecule has 0 spiro atoms. The Balaban J connectivity index is 3.18. The Morgan fingerprint density at radius 3 is 2.59 bits per heavy atom. The number of ether oxygens (including phenoxy) is 1. The first-order valence-electron chi connectivity index (χ1n) is 5.06. The van der Waals surface area contributed by atoms with Crippen molar-refractivity contribution in [1.82, 2.24) is 0 Å². The third-order valence-electron chi connectivity index (χ3n) is 2.47. The van der Waals surface area contributed by atoms with Gasteiger partial charge in [0, 0.05) is 0 Å². The Kier molecular flexibility index (Phi) is 3.57. The van der Waals surface area contributed by atoms with Crippen LogP contribution < -0.4 is 0 Å². The number of carbonyl (C=O) groups excluding carboxylic acids is 1. The van der Waals surface area contributed by atoms with Gasteiger partial charge in [-0.15, -0.1) is 0 Å². The maximum Gasteiger partial charge on any atom is 0.339 e. The number of carboxylic acids is 1. The molecule has 2 atom stereocenters. The molecule has 2 unspecified atom stereocenters. The van der Waals surface area contributed by atoms with Crippen molar-refractivity contribution in [1.29, 1.82) is 0 Å². The zero-order valence-corrected chi connectivity index (χ0v) is 9.51. The molecule has 0 amide bonds. The molecular formula is C11H14O6. The zero-order valence-electron chi connectivity index (χ0n) is 9.51. The number of aliphatic hydroxyl groups is 2. The molecule has 1 rings (SSSR count). The Labute approximate surface area is 97.8 Å². The molecule has 0 aromatic rings.